The zero-order chi connectivity index (χ0) is 7.72. The van der Waals surface area contributed by atoms with Gasteiger partial charge in [0, 0.05) is 25.2 Å². The molecule has 1 heterocycles. The van der Waals surface area contributed by atoms with Crippen molar-refractivity contribution >= 4 is 0 Å². The van der Waals surface area contributed by atoms with Crippen molar-refractivity contribution in [3.8, 4) is 0 Å². The number of hydrogen-bond donors (Lipinski definition) is 1. The zero-order valence-corrected chi connectivity index (χ0v) is 6.55. The largest absolute Gasteiger partial charge is 0.324 e. The van der Waals surface area contributed by atoms with Gasteiger partial charge in [-0.05, 0) is 13.8 Å². The van der Waals surface area contributed by atoms with E-state index in [4.69, 9.17) is 5.73 Å². The van der Waals surface area contributed by atoms with Crippen LogP contribution in [0.25, 0.3) is 0 Å². The minimum Gasteiger partial charge on any atom is -0.324 e. The Morgan fingerprint density at radius 1 is 1.33 bits per heavy atom. The van der Waals surface area contributed by atoms with Crippen LogP contribution < -0.4 is 5.73 Å². The maximum Gasteiger partial charge on any atom is 0.129 e. The summed E-state index contributed by atoms with van der Waals surface area (Å²) in [5, 5.41) is 0. The average molecular weight is 178 g/mol. The Balaban J connectivity index is 0. The SMILES string of the molecule is C.C.CC(C)N1C[C@H](N)[C@@H](F)C1. The van der Waals surface area contributed by atoms with E-state index in [2.05, 4.69) is 18.7 Å². The summed E-state index contributed by atoms with van der Waals surface area (Å²) in [5.74, 6) is 0. The van der Waals surface area contributed by atoms with Crippen molar-refractivity contribution in [2.45, 2.75) is 47.0 Å². The molecule has 76 valence electrons. The van der Waals surface area contributed by atoms with Crippen LogP contribution in [0.1, 0.15) is 28.7 Å². The van der Waals surface area contributed by atoms with Gasteiger partial charge < -0.3 is 5.73 Å². The standard InChI is InChI=1S/C7H15FN2.2CH4/c1-5(2)10-3-6(8)7(9)4-10;;/h5-7H,3-4,9H2,1-2H3;2*1H4/t6-,7-;;/m0../s1. The van der Waals surface area contributed by atoms with Crippen LogP contribution >= 0.6 is 0 Å². The van der Waals surface area contributed by atoms with Gasteiger partial charge >= 0.3 is 0 Å². The van der Waals surface area contributed by atoms with Crippen LogP contribution in [-0.2, 0) is 0 Å². The molecular weight excluding hydrogens is 155 g/mol. The monoisotopic (exact) mass is 178 g/mol. The van der Waals surface area contributed by atoms with Gasteiger partial charge in [-0.3, -0.25) is 4.90 Å². The molecule has 1 aliphatic rings. The summed E-state index contributed by atoms with van der Waals surface area (Å²) in [5.41, 5.74) is 5.49. The molecular formula is C9H23FN2. The molecule has 12 heavy (non-hydrogen) atoms. The van der Waals surface area contributed by atoms with Crippen molar-refractivity contribution in [1.82, 2.24) is 4.90 Å². The van der Waals surface area contributed by atoms with Crippen molar-refractivity contribution in [1.29, 1.82) is 0 Å². The fourth-order valence-corrected chi connectivity index (χ4v) is 1.24. The van der Waals surface area contributed by atoms with Gasteiger partial charge in [-0.2, -0.15) is 0 Å². The lowest BCUT2D eigenvalue weighted by atomic mass is 10.2. The van der Waals surface area contributed by atoms with Crippen molar-refractivity contribution in [3.05, 3.63) is 0 Å². The number of likely N-dealkylation sites (tertiary alicyclic amines) is 1. The van der Waals surface area contributed by atoms with E-state index in [0.29, 0.717) is 19.1 Å². The van der Waals surface area contributed by atoms with Gasteiger partial charge in [-0.25, -0.2) is 4.39 Å². The summed E-state index contributed by atoms with van der Waals surface area (Å²) in [7, 11) is 0. The molecule has 0 spiro atoms. The molecule has 0 aliphatic carbocycles. The Hall–Kier alpha value is -0.150. The van der Waals surface area contributed by atoms with Crippen molar-refractivity contribution < 1.29 is 4.39 Å². The smallest absolute Gasteiger partial charge is 0.129 e. The molecule has 0 aromatic carbocycles. The zero-order valence-electron chi connectivity index (χ0n) is 6.55. The second-order valence-corrected chi connectivity index (χ2v) is 3.23. The molecule has 0 radical (unpaired) electrons. The highest BCUT2D eigenvalue weighted by atomic mass is 19.1. The Bertz CT molecular complexity index is 107. The molecule has 2 nitrogen and oxygen atoms in total. The highest BCUT2D eigenvalue weighted by Crippen LogP contribution is 2.13. The lowest BCUT2D eigenvalue weighted by Crippen LogP contribution is -2.32. The normalized spacial score (nSPS) is 29.8. The van der Waals surface area contributed by atoms with Crippen molar-refractivity contribution in [2.75, 3.05) is 13.1 Å². The van der Waals surface area contributed by atoms with Crippen LogP contribution in [0.2, 0.25) is 0 Å². The van der Waals surface area contributed by atoms with E-state index < -0.39 is 6.17 Å². The lowest BCUT2D eigenvalue weighted by molar-refractivity contribution is 0.245. The van der Waals surface area contributed by atoms with E-state index >= 15 is 0 Å². The predicted molar refractivity (Wildman–Crippen MR) is 53.0 cm³/mol. The quantitative estimate of drug-likeness (QED) is 0.661. The van der Waals surface area contributed by atoms with Crippen LogP contribution in [0.4, 0.5) is 4.39 Å². The Morgan fingerprint density at radius 2 is 1.83 bits per heavy atom. The highest BCUT2D eigenvalue weighted by molar-refractivity contribution is 4.87. The van der Waals surface area contributed by atoms with Gasteiger partial charge in [0.1, 0.15) is 6.17 Å². The van der Waals surface area contributed by atoms with E-state index in [0.717, 1.165) is 0 Å². The number of nitrogens with two attached hydrogens (primary N) is 1. The van der Waals surface area contributed by atoms with E-state index in [1.165, 1.54) is 0 Å². The van der Waals surface area contributed by atoms with Gasteiger partial charge in [0.25, 0.3) is 0 Å². The molecule has 0 saturated carbocycles. The number of nitrogens with zero attached hydrogens (tertiary/aromatic N) is 1. The van der Waals surface area contributed by atoms with Crippen LogP contribution in [0.5, 0.6) is 0 Å². The van der Waals surface area contributed by atoms with Gasteiger partial charge in [-0.15, -0.1) is 0 Å². The first-order valence-electron chi connectivity index (χ1n) is 3.75. The number of hydrogen-bond acceptors (Lipinski definition) is 2. The van der Waals surface area contributed by atoms with E-state index in [-0.39, 0.29) is 20.9 Å². The molecule has 0 bridgehead atoms. The molecule has 0 aromatic rings. The first kappa shape index (κ1) is 14.4. The van der Waals surface area contributed by atoms with Gasteiger partial charge in [0.05, 0.1) is 0 Å². The topological polar surface area (TPSA) is 29.3 Å². The van der Waals surface area contributed by atoms with Crippen LogP contribution in [0.15, 0.2) is 0 Å². The second-order valence-electron chi connectivity index (χ2n) is 3.23. The maximum atomic E-state index is 12.8. The number of alkyl halides is 1. The van der Waals surface area contributed by atoms with Crippen LogP contribution in [0.3, 0.4) is 0 Å². The summed E-state index contributed by atoms with van der Waals surface area (Å²) in [6.45, 7) is 5.34. The predicted octanol–water partition coefficient (Wildman–Crippen LogP) is 1.65. The van der Waals surface area contributed by atoms with Crippen molar-refractivity contribution in [3.63, 3.8) is 0 Å². The average Bonchev–Trinajstić information content (AvgIpc) is 2.13. The fraction of sp³-hybridized carbons (Fsp3) is 1.00. The summed E-state index contributed by atoms with van der Waals surface area (Å²) in [6, 6.07) is 0.161. The molecule has 0 amide bonds. The number of halogens is 1. The Morgan fingerprint density at radius 3 is 2.00 bits per heavy atom. The molecule has 2 N–H and O–H groups in total. The summed E-state index contributed by atoms with van der Waals surface area (Å²) in [6.07, 6.45) is -0.817. The third-order valence-electron chi connectivity index (χ3n) is 2.05. The van der Waals surface area contributed by atoms with Gasteiger partial charge in [-0.1, -0.05) is 14.9 Å². The minimum absolute atomic E-state index is 0. The van der Waals surface area contributed by atoms with Gasteiger partial charge in [0.2, 0.25) is 0 Å². The maximum absolute atomic E-state index is 12.8. The molecule has 0 aromatic heterocycles. The first-order chi connectivity index (χ1) is 4.61. The molecule has 1 aliphatic heterocycles. The van der Waals surface area contributed by atoms with Crippen LogP contribution in [-0.4, -0.2) is 36.2 Å². The Labute approximate surface area is 75.9 Å². The van der Waals surface area contributed by atoms with Gasteiger partial charge in [0.15, 0.2) is 0 Å². The number of rotatable bonds is 1. The van der Waals surface area contributed by atoms with Crippen LogP contribution in [0, 0.1) is 0 Å². The fourth-order valence-electron chi connectivity index (χ4n) is 1.24. The second kappa shape index (κ2) is 5.49. The van der Waals surface area contributed by atoms with E-state index in [1.54, 1.807) is 0 Å². The summed E-state index contributed by atoms with van der Waals surface area (Å²) in [4.78, 5) is 2.06. The Kier molecular flexibility index (Phi) is 6.58. The van der Waals surface area contributed by atoms with Crippen molar-refractivity contribution in [2.24, 2.45) is 5.73 Å². The first-order valence-corrected chi connectivity index (χ1v) is 3.75. The molecule has 3 heteroatoms. The van der Waals surface area contributed by atoms with E-state index in [9.17, 15) is 4.39 Å². The highest BCUT2D eigenvalue weighted by Gasteiger charge is 2.30. The third-order valence-corrected chi connectivity index (χ3v) is 2.05. The molecule has 1 fully saturated rings. The molecule has 1 rings (SSSR count). The lowest BCUT2D eigenvalue weighted by Gasteiger charge is -2.18. The molecule has 0 unspecified atom stereocenters. The summed E-state index contributed by atoms with van der Waals surface area (Å²) >= 11 is 0. The minimum atomic E-state index is -0.817. The van der Waals surface area contributed by atoms with E-state index in [1.807, 2.05) is 0 Å². The summed E-state index contributed by atoms with van der Waals surface area (Å²) < 4.78 is 12.8. The molecule has 2 atom stereocenters. The third kappa shape index (κ3) is 3.07. The molecule has 1 saturated heterocycles.